The van der Waals surface area contributed by atoms with Crippen molar-refractivity contribution < 1.29 is 14.6 Å². The molecular weight excluding hydrogens is 288 g/mol. The number of aliphatic hydroxyl groups excluding tert-OH is 1. The van der Waals surface area contributed by atoms with Crippen molar-refractivity contribution >= 4 is 5.97 Å². The van der Waals surface area contributed by atoms with Gasteiger partial charge in [0.15, 0.2) is 0 Å². The highest BCUT2D eigenvalue weighted by Gasteiger charge is 2.11. The molecule has 0 fully saturated rings. The van der Waals surface area contributed by atoms with E-state index in [9.17, 15) is 9.90 Å². The third-order valence-corrected chi connectivity index (χ3v) is 3.57. The highest BCUT2D eigenvalue weighted by Crippen LogP contribution is 2.18. The molecule has 2 rings (SSSR count). The molecule has 0 bridgehead atoms. The van der Waals surface area contributed by atoms with Gasteiger partial charge in [0.1, 0.15) is 11.5 Å². The normalized spacial score (nSPS) is 11.7. The van der Waals surface area contributed by atoms with Crippen molar-refractivity contribution in [3.8, 4) is 0 Å². The molecule has 0 saturated carbocycles. The SMILES string of the molecule is CC(=O)O/C(CCc1ccccc1)=C(\O)CCc1ccccc1. The van der Waals surface area contributed by atoms with Gasteiger partial charge in [0.2, 0.25) is 0 Å². The summed E-state index contributed by atoms with van der Waals surface area (Å²) < 4.78 is 5.21. The number of aryl methyl sites for hydroxylation is 2. The quantitative estimate of drug-likeness (QED) is 0.601. The van der Waals surface area contributed by atoms with Crippen LogP contribution in [0.3, 0.4) is 0 Å². The predicted octanol–water partition coefficient (Wildman–Crippen LogP) is 4.58. The number of benzene rings is 2. The van der Waals surface area contributed by atoms with E-state index in [4.69, 9.17) is 4.74 Å². The maximum atomic E-state index is 11.3. The second-order valence-electron chi connectivity index (χ2n) is 5.43. The highest BCUT2D eigenvalue weighted by atomic mass is 16.5. The Morgan fingerprint density at radius 3 is 1.83 bits per heavy atom. The fourth-order valence-corrected chi connectivity index (χ4v) is 2.38. The third kappa shape index (κ3) is 5.99. The second-order valence-corrected chi connectivity index (χ2v) is 5.43. The second kappa shape index (κ2) is 8.79. The molecule has 0 aromatic heterocycles. The molecule has 0 aliphatic rings. The van der Waals surface area contributed by atoms with Crippen LogP contribution >= 0.6 is 0 Å². The van der Waals surface area contributed by atoms with Crippen LogP contribution in [-0.2, 0) is 22.4 Å². The number of hydrogen-bond acceptors (Lipinski definition) is 3. The Labute approximate surface area is 137 Å². The van der Waals surface area contributed by atoms with Crippen LogP contribution in [0.15, 0.2) is 72.2 Å². The Kier molecular flexibility index (Phi) is 6.42. The number of carbonyl (C=O) groups excluding carboxylic acids is 1. The van der Waals surface area contributed by atoms with E-state index >= 15 is 0 Å². The maximum Gasteiger partial charge on any atom is 0.307 e. The van der Waals surface area contributed by atoms with E-state index in [1.54, 1.807) is 0 Å². The van der Waals surface area contributed by atoms with Crippen LogP contribution in [-0.4, -0.2) is 11.1 Å². The fraction of sp³-hybridized carbons (Fsp3) is 0.250. The van der Waals surface area contributed by atoms with Gasteiger partial charge in [-0.3, -0.25) is 4.79 Å². The van der Waals surface area contributed by atoms with Crippen molar-refractivity contribution in [2.45, 2.75) is 32.6 Å². The molecule has 0 unspecified atom stereocenters. The zero-order chi connectivity index (χ0) is 16.5. The molecule has 0 saturated heterocycles. The van der Waals surface area contributed by atoms with Gasteiger partial charge in [-0.1, -0.05) is 60.7 Å². The molecule has 0 aliphatic heterocycles. The molecular formula is C20H22O3. The minimum absolute atomic E-state index is 0.153. The number of ether oxygens (including phenoxy) is 1. The Balaban J connectivity index is 2.01. The predicted molar refractivity (Wildman–Crippen MR) is 90.9 cm³/mol. The molecule has 2 aromatic rings. The zero-order valence-corrected chi connectivity index (χ0v) is 13.4. The van der Waals surface area contributed by atoms with Crippen molar-refractivity contribution in [1.82, 2.24) is 0 Å². The van der Waals surface area contributed by atoms with Gasteiger partial charge in [-0.15, -0.1) is 0 Å². The first-order valence-corrected chi connectivity index (χ1v) is 7.82. The molecule has 0 amide bonds. The van der Waals surface area contributed by atoms with E-state index < -0.39 is 5.97 Å². The first-order valence-electron chi connectivity index (χ1n) is 7.82. The maximum absolute atomic E-state index is 11.3. The number of carbonyl (C=O) groups is 1. The van der Waals surface area contributed by atoms with Gasteiger partial charge in [-0.2, -0.15) is 0 Å². The van der Waals surface area contributed by atoms with Gasteiger partial charge in [0, 0.05) is 19.8 Å². The largest absolute Gasteiger partial charge is 0.509 e. The third-order valence-electron chi connectivity index (χ3n) is 3.57. The van der Waals surface area contributed by atoms with Crippen LogP contribution in [0.1, 0.15) is 30.9 Å². The molecule has 3 heteroatoms. The number of esters is 1. The summed E-state index contributed by atoms with van der Waals surface area (Å²) in [6, 6.07) is 19.9. The summed E-state index contributed by atoms with van der Waals surface area (Å²) in [6.07, 6.45) is 2.40. The van der Waals surface area contributed by atoms with Crippen molar-refractivity contribution in [2.75, 3.05) is 0 Å². The summed E-state index contributed by atoms with van der Waals surface area (Å²) in [5.74, 6) is 0.122. The minimum atomic E-state index is -0.403. The zero-order valence-electron chi connectivity index (χ0n) is 13.4. The Hall–Kier alpha value is -2.55. The number of rotatable bonds is 7. The van der Waals surface area contributed by atoms with Gasteiger partial charge in [0.25, 0.3) is 0 Å². The average molecular weight is 310 g/mol. The number of allylic oxidation sites excluding steroid dienone is 2. The van der Waals surface area contributed by atoms with Crippen LogP contribution in [0.2, 0.25) is 0 Å². The van der Waals surface area contributed by atoms with E-state index in [1.165, 1.54) is 6.92 Å². The topological polar surface area (TPSA) is 46.5 Å². The lowest BCUT2D eigenvalue weighted by molar-refractivity contribution is -0.137. The standard InChI is InChI=1S/C20H22O3/c1-16(21)23-20(15-13-18-10-6-3-7-11-18)19(22)14-12-17-8-4-2-5-9-17/h2-11,22H,12-15H2,1H3/b20-19-. The minimum Gasteiger partial charge on any atom is -0.509 e. The molecule has 0 atom stereocenters. The Morgan fingerprint density at radius 1 is 0.870 bits per heavy atom. The average Bonchev–Trinajstić information content (AvgIpc) is 2.58. The van der Waals surface area contributed by atoms with Crippen LogP contribution in [0, 0.1) is 0 Å². The van der Waals surface area contributed by atoms with Crippen molar-refractivity contribution in [3.05, 3.63) is 83.3 Å². The van der Waals surface area contributed by atoms with Gasteiger partial charge >= 0.3 is 5.97 Å². The molecule has 23 heavy (non-hydrogen) atoms. The first kappa shape index (κ1) is 16.8. The lowest BCUT2D eigenvalue weighted by Gasteiger charge is -2.11. The highest BCUT2D eigenvalue weighted by molar-refractivity contribution is 5.67. The van der Waals surface area contributed by atoms with E-state index in [0.29, 0.717) is 25.0 Å². The van der Waals surface area contributed by atoms with Crippen molar-refractivity contribution in [2.24, 2.45) is 0 Å². The van der Waals surface area contributed by atoms with Gasteiger partial charge in [-0.05, 0) is 24.0 Å². The van der Waals surface area contributed by atoms with Crippen LogP contribution in [0.5, 0.6) is 0 Å². The van der Waals surface area contributed by atoms with E-state index in [2.05, 4.69) is 0 Å². The van der Waals surface area contributed by atoms with Crippen molar-refractivity contribution in [1.29, 1.82) is 0 Å². The number of hydrogen-bond donors (Lipinski definition) is 1. The molecule has 1 N–H and O–H groups in total. The van der Waals surface area contributed by atoms with Crippen LogP contribution in [0.25, 0.3) is 0 Å². The van der Waals surface area contributed by atoms with Gasteiger partial charge < -0.3 is 9.84 Å². The Bertz CT molecular complexity index is 645. The van der Waals surface area contributed by atoms with E-state index in [0.717, 1.165) is 17.5 Å². The molecule has 120 valence electrons. The summed E-state index contributed by atoms with van der Waals surface area (Å²) in [7, 11) is 0. The summed E-state index contributed by atoms with van der Waals surface area (Å²) in [6.45, 7) is 1.35. The lowest BCUT2D eigenvalue weighted by Crippen LogP contribution is -2.05. The summed E-state index contributed by atoms with van der Waals surface area (Å²) in [4.78, 5) is 11.3. The summed E-state index contributed by atoms with van der Waals surface area (Å²) in [5.41, 5.74) is 2.29. The van der Waals surface area contributed by atoms with Crippen LogP contribution < -0.4 is 0 Å². The number of aliphatic hydroxyl groups is 1. The van der Waals surface area contributed by atoms with Crippen molar-refractivity contribution in [3.63, 3.8) is 0 Å². The van der Waals surface area contributed by atoms with Gasteiger partial charge in [0.05, 0.1) is 0 Å². The molecule has 2 aromatic carbocycles. The summed E-state index contributed by atoms with van der Waals surface area (Å²) >= 11 is 0. The molecule has 0 aliphatic carbocycles. The molecule has 0 radical (unpaired) electrons. The lowest BCUT2D eigenvalue weighted by atomic mass is 10.1. The monoisotopic (exact) mass is 310 g/mol. The summed E-state index contributed by atoms with van der Waals surface area (Å²) in [5, 5.41) is 10.3. The van der Waals surface area contributed by atoms with Gasteiger partial charge in [-0.25, -0.2) is 0 Å². The Morgan fingerprint density at radius 2 is 1.35 bits per heavy atom. The molecule has 3 nitrogen and oxygen atoms in total. The fourth-order valence-electron chi connectivity index (χ4n) is 2.38. The smallest absolute Gasteiger partial charge is 0.307 e. The molecule has 0 heterocycles. The first-order chi connectivity index (χ1) is 11.1. The van der Waals surface area contributed by atoms with Crippen LogP contribution in [0.4, 0.5) is 0 Å². The van der Waals surface area contributed by atoms with E-state index in [1.807, 2.05) is 60.7 Å². The molecule has 0 spiro atoms. The van der Waals surface area contributed by atoms with E-state index in [-0.39, 0.29) is 5.76 Å².